The maximum absolute atomic E-state index is 11.9. The molecule has 1 N–H and O–H groups in total. The van der Waals surface area contributed by atoms with Crippen LogP contribution in [0.15, 0.2) is 47.8 Å². The molecular formula is C15H12N2OS. The van der Waals surface area contributed by atoms with Crippen molar-refractivity contribution in [2.24, 2.45) is 0 Å². The van der Waals surface area contributed by atoms with E-state index >= 15 is 0 Å². The van der Waals surface area contributed by atoms with Gasteiger partial charge in [0.1, 0.15) is 0 Å². The number of pyridine rings is 1. The molecular weight excluding hydrogens is 256 g/mol. The van der Waals surface area contributed by atoms with Gasteiger partial charge in [0.2, 0.25) is 0 Å². The molecule has 0 spiro atoms. The average Bonchev–Trinajstić information content (AvgIpc) is 2.93. The van der Waals surface area contributed by atoms with Crippen molar-refractivity contribution in [3.8, 4) is 0 Å². The zero-order valence-electron chi connectivity index (χ0n) is 10.4. The van der Waals surface area contributed by atoms with Gasteiger partial charge in [-0.25, -0.2) is 0 Å². The highest BCUT2D eigenvalue weighted by atomic mass is 32.1. The maximum atomic E-state index is 11.9. The summed E-state index contributed by atoms with van der Waals surface area (Å²) < 4.78 is 0. The molecule has 0 fully saturated rings. The van der Waals surface area contributed by atoms with Crippen molar-refractivity contribution in [3.63, 3.8) is 0 Å². The molecule has 4 heteroatoms. The summed E-state index contributed by atoms with van der Waals surface area (Å²) in [6.07, 6.45) is 0. The van der Waals surface area contributed by atoms with Gasteiger partial charge in [-0.3, -0.25) is 9.78 Å². The first-order valence-corrected chi connectivity index (χ1v) is 6.82. The molecule has 3 aromatic rings. The number of fused-ring (bicyclic) bond motifs is 1. The second-order valence-electron chi connectivity index (χ2n) is 4.29. The number of carbonyl (C=O) groups is 1. The number of anilines is 1. The summed E-state index contributed by atoms with van der Waals surface area (Å²) in [6.45, 7) is 1.96. The van der Waals surface area contributed by atoms with Crippen LogP contribution in [0.1, 0.15) is 15.4 Å². The monoisotopic (exact) mass is 268 g/mol. The Balaban J connectivity index is 1.89. The number of thiophene rings is 1. The topological polar surface area (TPSA) is 42.0 Å². The molecule has 0 radical (unpaired) electrons. The molecule has 0 unspecified atom stereocenters. The number of hydrogen-bond donors (Lipinski definition) is 1. The molecule has 0 aliphatic carbocycles. The highest BCUT2D eigenvalue weighted by Gasteiger charge is 2.07. The molecule has 0 bridgehead atoms. The van der Waals surface area contributed by atoms with Crippen LogP contribution in [0.2, 0.25) is 0 Å². The van der Waals surface area contributed by atoms with Gasteiger partial charge in [-0.2, -0.15) is 0 Å². The molecule has 0 aliphatic rings. The Bertz CT molecular complexity index is 735. The Morgan fingerprint density at radius 1 is 1.21 bits per heavy atom. The lowest BCUT2D eigenvalue weighted by Gasteiger charge is -2.05. The maximum Gasteiger partial charge on any atom is 0.265 e. The van der Waals surface area contributed by atoms with Crippen LogP contribution in [0.25, 0.3) is 10.9 Å². The molecule has 2 aromatic heterocycles. The van der Waals surface area contributed by atoms with Crippen LogP contribution in [0.4, 0.5) is 5.69 Å². The molecule has 2 heterocycles. The third-order valence-electron chi connectivity index (χ3n) is 2.83. The van der Waals surface area contributed by atoms with Gasteiger partial charge in [0.25, 0.3) is 5.91 Å². The Morgan fingerprint density at radius 3 is 2.89 bits per heavy atom. The predicted molar refractivity (Wildman–Crippen MR) is 78.8 cm³/mol. The number of amides is 1. The highest BCUT2D eigenvalue weighted by Crippen LogP contribution is 2.19. The number of carbonyl (C=O) groups excluding carboxylic acids is 1. The first-order chi connectivity index (χ1) is 9.22. The number of benzene rings is 1. The largest absolute Gasteiger partial charge is 0.321 e. The van der Waals surface area contributed by atoms with Crippen molar-refractivity contribution in [2.45, 2.75) is 6.92 Å². The Morgan fingerprint density at radius 2 is 2.11 bits per heavy atom. The fourth-order valence-electron chi connectivity index (χ4n) is 1.91. The quantitative estimate of drug-likeness (QED) is 0.767. The predicted octanol–water partition coefficient (Wildman–Crippen LogP) is 3.86. The van der Waals surface area contributed by atoms with Crippen LogP contribution in [-0.4, -0.2) is 10.9 Å². The molecule has 0 saturated heterocycles. The summed E-state index contributed by atoms with van der Waals surface area (Å²) in [5.41, 5.74) is 2.72. The molecule has 0 saturated carbocycles. The smallest absolute Gasteiger partial charge is 0.265 e. The van der Waals surface area contributed by atoms with E-state index in [-0.39, 0.29) is 5.91 Å². The van der Waals surface area contributed by atoms with E-state index in [1.807, 2.05) is 54.8 Å². The van der Waals surface area contributed by atoms with E-state index < -0.39 is 0 Å². The standard InChI is InChI=1S/C15H12N2OS/c1-10-4-5-11-9-12(6-7-13(11)16-10)17-15(18)14-3-2-8-19-14/h2-9H,1H3,(H,17,18). The first-order valence-electron chi connectivity index (χ1n) is 5.95. The lowest BCUT2D eigenvalue weighted by Crippen LogP contribution is -2.09. The van der Waals surface area contributed by atoms with Crippen LogP contribution in [0.5, 0.6) is 0 Å². The Labute approximate surface area is 114 Å². The van der Waals surface area contributed by atoms with Gasteiger partial charge in [0.15, 0.2) is 0 Å². The van der Waals surface area contributed by atoms with Gasteiger partial charge >= 0.3 is 0 Å². The minimum atomic E-state index is -0.0746. The van der Waals surface area contributed by atoms with E-state index in [0.29, 0.717) is 4.88 Å². The van der Waals surface area contributed by atoms with E-state index in [9.17, 15) is 4.79 Å². The Kier molecular flexibility index (Phi) is 3.01. The summed E-state index contributed by atoms with van der Waals surface area (Å²) in [5, 5.41) is 5.81. The minimum absolute atomic E-state index is 0.0746. The lowest BCUT2D eigenvalue weighted by molar-refractivity contribution is 0.103. The van der Waals surface area contributed by atoms with Gasteiger partial charge < -0.3 is 5.32 Å². The van der Waals surface area contributed by atoms with Gasteiger partial charge in [0.05, 0.1) is 10.4 Å². The van der Waals surface area contributed by atoms with E-state index in [0.717, 1.165) is 22.3 Å². The Hall–Kier alpha value is -2.20. The van der Waals surface area contributed by atoms with Crippen LogP contribution < -0.4 is 5.32 Å². The summed E-state index contributed by atoms with van der Waals surface area (Å²) in [4.78, 5) is 17.1. The van der Waals surface area contributed by atoms with E-state index in [1.165, 1.54) is 11.3 Å². The average molecular weight is 268 g/mol. The molecule has 1 aromatic carbocycles. The number of nitrogens with zero attached hydrogens (tertiary/aromatic N) is 1. The molecule has 0 aliphatic heterocycles. The summed E-state index contributed by atoms with van der Waals surface area (Å²) >= 11 is 1.43. The van der Waals surface area contributed by atoms with E-state index in [4.69, 9.17) is 0 Å². The summed E-state index contributed by atoms with van der Waals surface area (Å²) in [6, 6.07) is 13.4. The molecule has 0 atom stereocenters. The third-order valence-corrected chi connectivity index (χ3v) is 3.70. The number of aryl methyl sites for hydroxylation is 1. The highest BCUT2D eigenvalue weighted by molar-refractivity contribution is 7.12. The van der Waals surface area contributed by atoms with E-state index in [1.54, 1.807) is 0 Å². The lowest BCUT2D eigenvalue weighted by atomic mass is 10.2. The second-order valence-corrected chi connectivity index (χ2v) is 5.24. The van der Waals surface area contributed by atoms with Crippen molar-refractivity contribution in [2.75, 3.05) is 5.32 Å². The second kappa shape index (κ2) is 4.82. The van der Waals surface area contributed by atoms with E-state index in [2.05, 4.69) is 10.3 Å². The number of hydrogen-bond acceptors (Lipinski definition) is 3. The van der Waals surface area contributed by atoms with Crippen molar-refractivity contribution < 1.29 is 4.79 Å². The van der Waals surface area contributed by atoms with Gasteiger partial charge in [0, 0.05) is 16.8 Å². The number of rotatable bonds is 2. The zero-order chi connectivity index (χ0) is 13.2. The number of aromatic nitrogens is 1. The molecule has 19 heavy (non-hydrogen) atoms. The van der Waals surface area contributed by atoms with Crippen molar-refractivity contribution >= 4 is 33.8 Å². The van der Waals surface area contributed by atoms with Crippen LogP contribution in [0.3, 0.4) is 0 Å². The molecule has 94 valence electrons. The first kappa shape index (κ1) is 11.9. The molecule has 3 rings (SSSR count). The van der Waals surface area contributed by atoms with Crippen LogP contribution in [0, 0.1) is 6.92 Å². The van der Waals surface area contributed by atoms with Gasteiger partial charge in [-0.05, 0) is 42.6 Å². The summed E-state index contributed by atoms with van der Waals surface area (Å²) in [7, 11) is 0. The SMILES string of the molecule is Cc1ccc2cc(NC(=O)c3cccs3)ccc2n1. The van der Waals surface area contributed by atoms with Crippen molar-refractivity contribution in [3.05, 3.63) is 58.4 Å². The molecule has 1 amide bonds. The third kappa shape index (κ3) is 2.48. The summed E-state index contributed by atoms with van der Waals surface area (Å²) in [5.74, 6) is -0.0746. The fraction of sp³-hybridized carbons (Fsp3) is 0.0667. The van der Waals surface area contributed by atoms with Crippen molar-refractivity contribution in [1.82, 2.24) is 4.98 Å². The van der Waals surface area contributed by atoms with Gasteiger partial charge in [-0.15, -0.1) is 11.3 Å². The zero-order valence-corrected chi connectivity index (χ0v) is 11.2. The van der Waals surface area contributed by atoms with Crippen LogP contribution in [-0.2, 0) is 0 Å². The normalized spacial score (nSPS) is 10.6. The molecule has 3 nitrogen and oxygen atoms in total. The van der Waals surface area contributed by atoms with Gasteiger partial charge in [-0.1, -0.05) is 12.1 Å². The van der Waals surface area contributed by atoms with Crippen molar-refractivity contribution in [1.29, 1.82) is 0 Å². The minimum Gasteiger partial charge on any atom is -0.321 e. The van der Waals surface area contributed by atoms with Crippen LogP contribution >= 0.6 is 11.3 Å². The number of nitrogens with one attached hydrogen (secondary N) is 1. The fourth-order valence-corrected chi connectivity index (χ4v) is 2.52.